The van der Waals surface area contributed by atoms with Crippen LogP contribution in [0.3, 0.4) is 0 Å². The van der Waals surface area contributed by atoms with E-state index in [4.69, 9.17) is 42.6 Å². The number of aliphatic hydroxyl groups excluding tert-OH is 1. The molecule has 11 rings (SSSR count). The third-order valence-corrected chi connectivity index (χ3v) is 18.8. The van der Waals surface area contributed by atoms with E-state index in [0.29, 0.717) is 31.6 Å². The van der Waals surface area contributed by atoms with Crippen molar-refractivity contribution in [3.63, 3.8) is 0 Å². The third-order valence-electron chi connectivity index (χ3n) is 18.1. The van der Waals surface area contributed by atoms with Crippen molar-refractivity contribution in [3.05, 3.63) is 48.0 Å². The zero-order valence-corrected chi connectivity index (χ0v) is 47.0. The Balaban J connectivity index is 0.798. The lowest BCUT2D eigenvalue weighted by Crippen LogP contribution is -2.61. The summed E-state index contributed by atoms with van der Waals surface area (Å²) < 4.78 is 61.8. The van der Waals surface area contributed by atoms with Crippen molar-refractivity contribution in [1.82, 2.24) is 26.6 Å². The van der Waals surface area contributed by atoms with Gasteiger partial charge >= 0.3 is 0 Å². The Kier molecular flexibility index (Phi) is 18.8. The van der Waals surface area contributed by atoms with Gasteiger partial charge in [-0.1, -0.05) is 50.8 Å². The first-order valence-electron chi connectivity index (χ1n) is 28.9. The molecule has 0 aromatic heterocycles. The molecule has 5 amide bonds. The van der Waals surface area contributed by atoms with Gasteiger partial charge in [0.2, 0.25) is 29.5 Å². The van der Waals surface area contributed by atoms with Gasteiger partial charge in [-0.15, -0.1) is 0 Å². The molecular weight excluding hydrogens is 1040 g/mol. The van der Waals surface area contributed by atoms with Crippen molar-refractivity contribution in [3.8, 4) is 0 Å². The van der Waals surface area contributed by atoms with Crippen LogP contribution in [0.1, 0.15) is 110 Å². The summed E-state index contributed by atoms with van der Waals surface area (Å²) in [5.41, 5.74) is 1.80. The number of hydrogen-bond donors (Lipinski definition) is 6. The second-order valence-electron chi connectivity index (χ2n) is 23.8. The quantitative estimate of drug-likeness (QED) is 0.109. The molecule has 21 atom stereocenters. The predicted octanol–water partition coefficient (Wildman–Crippen LogP) is 2.54. The number of rotatable bonds is 15. The molecule has 0 aliphatic carbocycles. The molecular formula is C58H83N5O15S. The number of carbonyl (C=O) groups excluding carboxylic acids is 5. The van der Waals surface area contributed by atoms with E-state index >= 15 is 0 Å². The van der Waals surface area contributed by atoms with Crippen molar-refractivity contribution in [2.45, 2.75) is 220 Å². The number of benzene rings is 1. The van der Waals surface area contributed by atoms with Gasteiger partial charge < -0.3 is 74.3 Å². The van der Waals surface area contributed by atoms with E-state index < -0.39 is 72.8 Å². The molecule has 4 unspecified atom stereocenters. The Bertz CT molecular complexity index is 2430. The minimum atomic E-state index is -1.08. The minimum absolute atomic E-state index is 0.0194. The summed E-state index contributed by atoms with van der Waals surface area (Å²) >= 11 is 0. The average Bonchev–Trinajstić information content (AvgIpc) is 4.24. The third kappa shape index (κ3) is 13.7. The van der Waals surface area contributed by atoms with Crippen LogP contribution in [0.25, 0.3) is 0 Å². The molecule has 21 heteroatoms. The monoisotopic (exact) mass is 1120 g/mol. The molecule has 1 aromatic carbocycles. The summed E-state index contributed by atoms with van der Waals surface area (Å²) in [6.45, 7) is 9.08. The Hall–Kier alpha value is -4.13. The lowest BCUT2D eigenvalue weighted by Gasteiger charge is -2.47. The smallest absolute Gasteiger partial charge is 0.243 e. The molecule has 0 saturated carbocycles. The summed E-state index contributed by atoms with van der Waals surface area (Å²) in [6, 6.07) is 7.95. The molecule has 1 spiro atoms. The van der Waals surface area contributed by atoms with Crippen molar-refractivity contribution in [2.24, 2.45) is 17.8 Å². The maximum Gasteiger partial charge on any atom is 0.243 e. The number of amides is 5. The molecule has 10 aliphatic rings. The van der Waals surface area contributed by atoms with Gasteiger partial charge in [-0.05, 0) is 85.1 Å². The number of carbonyl (C=O) groups is 5. The van der Waals surface area contributed by atoms with E-state index in [0.717, 1.165) is 67.4 Å². The summed E-state index contributed by atoms with van der Waals surface area (Å²) in [6.07, 6.45) is 5.64. The van der Waals surface area contributed by atoms with Crippen molar-refractivity contribution in [2.75, 3.05) is 33.3 Å². The minimum Gasteiger partial charge on any atom is -0.391 e. The normalized spacial score (nSPS) is 39.3. The number of hydrogen-bond acceptors (Lipinski definition) is 15. The number of ether oxygens (including phenoxy) is 9. The van der Waals surface area contributed by atoms with Gasteiger partial charge in [-0.25, -0.2) is 0 Å². The van der Waals surface area contributed by atoms with E-state index in [-0.39, 0.29) is 117 Å². The van der Waals surface area contributed by atoms with Crippen molar-refractivity contribution in [1.29, 1.82) is 0 Å². The van der Waals surface area contributed by atoms with Crippen LogP contribution in [0.2, 0.25) is 0 Å². The Labute approximate surface area is 467 Å². The fraction of sp³-hybridized carbons (Fsp3) is 0.741. The van der Waals surface area contributed by atoms with Crippen molar-refractivity contribution >= 4 is 51.2 Å². The van der Waals surface area contributed by atoms with Crippen LogP contribution in [0.5, 0.6) is 0 Å². The fourth-order valence-corrected chi connectivity index (χ4v) is 14.6. The molecule has 12 bridgehead atoms. The molecule has 20 nitrogen and oxygen atoms in total. The topological polar surface area (TPSA) is 249 Å². The highest BCUT2D eigenvalue weighted by Gasteiger charge is 2.69. The van der Waals surface area contributed by atoms with Crippen LogP contribution in [0.4, 0.5) is 0 Å². The molecule has 10 heterocycles. The second kappa shape index (κ2) is 25.6. The van der Waals surface area contributed by atoms with Gasteiger partial charge in [0.1, 0.15) is 36.6 Å². The van der Waals surface area contributed by atoms with Gasteiger partial charge in [-0.3, -0.25) is 24.0 Å². The molecule has 6 N–H and O–H groups in total. The first-order chi connectivity index (χ1) is 38.0. The maximum atomic E-state index is 13.5. The van der Waals surface area contributed by atoms with E-state index in [1.165, 1.54) is 17.9 Å². The van der Waals surface area contributed by atoms with E-state index in [1.807, 2.05) is 6.07 Å². The SMILES string of the molecule is C=S=C1C[C@H]2CC[C@@H]3OC4C5OC6C[C@@](CC[C@H]7CC(C)[C@H](CC[C@H]8C[C@@H](C)C(=C)[C@@H](C[C@@H]9O[C@H](C[C@H](O)CNC(=O)CNC(=O)[C@H](Cc%10ccccc%10)NC(=O)CNC(=O)CNC(C)=O)[C@H](OC)[C@H]9C1)O8)O7)(O[C@@H]64)O[C@H]5[C@H]3O2. The maximum absolute atomic E-state index is 13.5. The fourth-order valence-electron chi connectivity index (χ4n) is 14.0. The first kappa shape index (κ1) is 58.1. The van der Waals surface area contributed by atoms with Crippen LogP contribution in [-0.4, -0.2) is 188 Å². The van der Waals surface area contributed by atoms with E-state index in [9.17, 15) is 29.1 Å². The summed E-state index contributed by atoms with van der Waals surface area (Å²) in [5, 5.41) is 24.3. The van der Waals surface area contributed by atoms with Gasteiger partial charge in [0.15, 0.2) is 5.79 Å². The molecule has 10 fully saturated rings. The highest BCUT2D eigenvalue weighted by atomic mass is 32.1. The van der Waals surface area contributed by atoms with E-state index in [1.54, 1.807) is 31.4 Å². The number of methoxy groups -OCH3 is 1. The average molecular weight is 1120 g/mol. The molecule has 0 radical (unpaired) electrons. The Morgan fingerprint density at radius 2 is 1.44 bits per heavy atom. The molecule has 436 valence electrons. The number of nitrogens with one attached hydrogen (secondary N) is 5. The van der Waals surface area contributed by atoms with Crippen LogP contribution < -0.4 is 26.6 Å². The van der Waals surface area contributed by atoms with Gasteiger partial charge in [-0.2, -0.15) is 10.9 Å². The lowest BCUT2D eigenvalue weighted by atomic mass is 9.81. The van der Waals surface area contributed by atoms with Gasteiger partial charge in [0, 0.05) is 65.0 Å². The first-order valence-corrected chi connectivity index (χ1v) is 29.9. The number of aliphatic hydroxyl groups is 1. The van der Waals surface area contributed by atoms with Gasteiger partial charge in [0.05, 0.1) is 86.8 Å². The number of fused-ring (bicyclic) bond motifs is 6. The molecule has 79 heavy (non-hydrogen) atoms. The standard InChI is InChI=1S/C58H83N5O15S/c1-30-18-36-12-14-42-31(2)19-38(71-42)16-17-58-25-47-53(77-58)54-55(76-47)56(78-58)52-43(75-54)15-13-37(73-52)22-39(79-6)23-40-45(24-44(72-36)32(30)3)74-46(51(40)70-5)21-35(65)26-60-49(67)28-62-57(69)41(20-34-10-8-7-9-11-34)63-50(68)29-61-48(66)27-59-33(4)64/h7-11,30-31,35-38,40-47,51-56,65H,3,6,12-29H2,1-2,4-5H3,(H,59,64)(H,60,67)(H,61,66)(H,62,69)(H,63,68)/t30-,31?,35+,36+,37-,38+,40+,41+,42+,43+,44-,45+,46-,47?,51-,52+,53+,54?,55?,56+,58+/m1/s1. The highest BCUT2D eigenvalue weighted by molar-refractivity contribution is 7.96. The van der Waals surface area contributed by atoms with Crippen LogP contribution in [0, 0.1) is 17.8 Å². The summed E-state index contributed by atoms with van der Waals surface area (Å²) in [5.74, 6) is 1.28. The summed E-state index contributed by atoms with van der Waals surface area (Å²) in [4.78, 5) is 64.0. The van der Waals surface area contributed by atoms with Crippen molar-refractivity contribution < 1.29 is 71.7 Å². The van der Waals surface area contributed by atoms with Crippen LogP contribution >= 0.6 is 10.9 Å². The molecule has 1 aromatic rings. The van der Waals surface area contributed by atoms with Gasteiger partial charge in [0.25, 0.3) is 0 Å². The van der Waals surface area contributed by atoms with E-state index in [2.05, 4.69) is 52.9 Å². The molecule has 10 aliphatic heterocycles. The Morgan fingerprint density at radius 1 is 0.734 bits per heavy atom. The highest BCUT2D eigenvalue weighted by Crippen LogP contribution is 2.54. The second-order valence-corrected chi connectivity index (χ2v) is 24.6. The van der Waals surface area contributed by atoms with Crippen LogP contribution in [-0.2, 0) is 73.0 Å². The lowest BCUT2D eigenvalue weighted by molar-refractivity contribution is -0.292. The molecule has 10 saturated heterocycles. The zero-order chi connectivity index (χ0) is 55.5. The summed E-state index contributed by atoms with van der Waals surface area (Å²) in [7, 11) is 3.16. The Morgan fingerprint density at radius 3 is 2.23 bits per heavy atom. The predicted molar refractivity (Wildman–Crippen MR) is 292 cm³/mol. The van der Waals surface area contributed by atoms with Crippen LogP contribution in [0.15, 0.2) is 42.5 Å². The largest absolute Gasteiger partial charge is 0.391 e. The zero-order valence-electron chi connectivity index (χ0n) is 46.1.